The van der Waals surface area contributed by atoms with Crippen LogP contribution in [0.4, 0.5) is 11.4 Å². The Balaban J connectivity index is 1.25. The number of nitrogens with one attached hydrogen (secondary N) is 1. The highest BCUT2D eigenvalue weighted by Crippen LogP contribution is 2.32. The molecule has 0 bridgehead atoms. The van der Waals surface area contributed by atoms with E-state index in [0.29, 0.717) is 23.0 Å². The molecular formula is C24H25ClN4O3. The van der Waals surface area contributed by atoms with Crippen LogP contribution in [0.3, 0.4) is 0 Å². The number of ether oxygens (including phenoxy) is 1. The molecule has 2 N–H and O–H groups in total. The monoisotopic (exact) mass is 452 g/mol. The lowest BCUT2D eigenvalue weighted by atomic mass is 10.1. The third-order valence-electron chi connectivity index (χ3n) is 6.05. The van der Waals surface area contributed by atoms with Crippen LogP contribution >= 0.6 is 11.6 Å². The van der Waals surface area contributed by atoms with E-state index < -0.39 is 6.10 Å². The van der Waals surface area contributed by atoms with Crippen molar-refractivity contribution in [2.24, 2.45) is 0 Å². The summed E-state index contributed by atoms with van der Waals surface area (Å²) in [5.41, 5.74) is 4.36. The van der Waals surface area contributed by atoms with Gasteiger partial charge in [0.1, 0.15) is 5.75 Å². The molecule has 1 aromatic heterocycles. The third kappa shape index (κ3) is 4.24. The van der Waals surface area contributed by atoms with Crippen molar-refractivity contribution >= 4 is 39.8 Å². The van der Waals surface area contributed by atoms with Gasteiger partial charge in [0.2, 0.25) is 0 Å². The van der Waals surface area contributed by atoms with Gasteiger partial charge in [-0.05, 0) is 48.9 Å². The lowest BCUT2D eigenvalue weighted by Crippen LogP contribution is -2.47. The molecule has 1 saturated heterocycles. The quantitative estimate of drug-likeness (QED) is 0.632. The van der Waals surface area contributed by atoms with E-state index in [-0.39, 0.29) is 12.5 Å². The predicted octanol–water partition coefficient (Wildman–Crippen LogP) is 3.38. The average Bonchev–Trinajstić information content (AvgIpc) is 2.78. The highest BCUT2D eigenvalue weighted by molar-refractivity contribution is 6.31. The smallest absolute Gasteiger partial charge is 0.262 e. The number of benzene rings is 2. The van der Waals surface area contributed by atoms with Crippen molar-refractivity contribution in [3.8, 4) is 5.75 Å². The number of aliphatic hydroxyl groups excluding tert-OH is 1. The number of fused-ring (bicyclic) bond motifs is 2. The number of aromatic nitrogens is 1. The molecular weight excluding hydrogens is 428 g/mol. The average molecular weight is 453 g/mol. The molecule has 1 unspecified atom stereocenters. The molecule has 2 aliphatic heterocycles. The van der Waals surface area contributed by atoms with Gasteiger partial charge in [0, 0.05) is 54.5 Å². The fraction of sp³-hybridized carbons (Fsp3) is 0.333. The van der Waals surface area contributed by atoms with Gasteiger partial charge in [-0.3, -0.25) is 14.7 Å². The van der Waals surface area contributed by atoms with Gasteiger partial charge in [-0.15, -0.1) is 0 Å². The number of halogens is 1. The second-order valence-corrected chi connectivity index (χ2v) is 8.78. The Bertz CT molecular complexity index is 1170. The number of amides is 1. The summed E-state index contributed by atoms with van der Waals surface area (Å²) in [6, 6.07) is 13.5. The van der Waals surface area contributed by atoms with Gasteiger partial charge in [0.15, 0.2) is 6.61 Å². The maximum atomic E-state index is 11.6. The van der Waals surface area contributed by atoms with Gasteiger partial charge >= 0.3 is 0 Å². The molecule has 1 atom stereocenters. The topological polar surface area (TPSA) is 77.9 Å². The zero-order valence-corrected chi connectivity index (χ0v) is 18.6. The molecule has 3 aromatic rings. The molecule has 0 spiro atoms. The van der Waals surface area contributed by atoms with Crippen molar-refractivity contribution in [1.82, 2.24) is 9.88 Å². The first-order chi connectivity index (χ1) is 15.5. The fourth-order valence-corrected chi connectivity index (χ4v) is 4.58. The molecule has 166 valence electrons. The van der Waals surface area contributed by atoms with Crippen LogP contribution in [0.1, 0.15) is 17.4 Å². The Kier molecular flexibility index (Phi) is 5.63. The number of carbonyl (C=O) groups is 1. The summed E-state index contributed by atoms with van der Waals surface area (Å²) >= 11 is 6.37. The number of nitrogens with zero attached hydrogens (tertiary/aromatic N) is 3. The number of hydrogen-bond donors (Lipinski definition) is 2. The Labute approximate surface area is 191 Å². The molecule has 7 nitrogen and oxygen atoms in total. The van der Waals surface area contributed by atoms with Crippen LogP contribution in [0.15, 0.2) is 42.5 Å². The number of hydrogen-bond acceptors (Lipinski definition) is 6. The predicted molar refractivity (Wildman–Crippen MR) is 126 cm³/mol. The Morgan fingerprint density at radius 3 is 2.78 bits per heavy atom. The molecule has 0 radical (unpaired) electrons. The van der Waals surface area contributed by atoms with Crippen LogP contribution in [0.5, 0.6) is 5.75 Å². The van der Waals surface area contributed by atoms with Gasteiger partial charge < -0.3 is 20.1 Å². The molecule has 32 heavy (non-hydrogen) atoms. The van der Waals surface area contributed by atoms with Crippen molar-refractivity contribution < 1.29 is 14.6 Å². The summed E-state index contributed by atoms with van der Waals surface area (Å²) < 4.78 is 5.40. The van der Waals surface area contributed by atoms with Crippen molar-refractivity contribution in [1.29, 1.82) is 0 Å². The number of rotatable bonds is 4. The highest BCUT2D eigenvalue weighted by atomic mass is 35.5. The SMILES string of the molecule is Cc1ccc2c(N3CCN(CC(O)c4ccc5c(c4)NC(=O)CO5)CC3)cc(Cl)cc2n1. The van der Waals surface area contributed by atoms with Crippen LogP contribution in [-0.2, 0) is 4.79 Å². The molecule has 3 heterocycles. The second-order valence-electron chi connectivity index (χ2n) is 8.34. The summed E-state index contributed by atoms with van der Waals surface area (Å²) in [6.07, 6.45) is -0.648. The van der Waals surface area contributed by atoms with E-state index in [1.165, 1.54) is 0 Å². The molecule has 1 amide bonds. The molecule has 0 aliphatic carbocycles. The van der Waals surface area contributed by atoms with Gasteiger partial charge in [0.25, 0.3) is 5.91 Å². The number of piperazine rings is 1. The van der Waals surface area contributed by atoms with E-state index in [9.17, 15) is 9.90 Å². The summed E-state index contributed by atoms with van der Waals surface area (Å²) in [4.78, 5) is 20.8. The third-order valence-corrected chi connectivity index (χ3v) is 6.27. The summed E-state index contributed by atoms with van der Waals surface area (Å²) in [5.74, 6) is 0.451. The van der Waals surface area contributed by atoms with Gasteiger partial charge in [-0.1, -0.05) is 17.7 Å². The first-order valence-electron chi connectivity index (χ1n) is 10.7. The number of pyridine rings is 1. The number of anilines is 2. The number of carbonyl (C=O) groups excluding carboxylic acids is 1. The molecule has 8 heteroatoms. The van der Waals surface area contributed by atoms with E-state index in [4.69, 9.17) is 16.3 Å². The standard InChI is InChI=1S/C24H25ClN4O3/c1-15-2-4-18-19(26-15)11-17(25)12-21(18)29-8-6-28(7-9-29)13-22(30)16-3-5-23-20(10-16)27-24(31)14-32-23/h2-5,10-12,22,30H,6-9,13-14H2,1H3,(H,27,31). The summed E-state index contributed by atoms with van der Waals surface area (Å²) in [7, 11) is 0. The number of aliphatic hydroxyl groups is 1. The summed E-state index contributed by atoms with van der Waals surface area (Å²) in [6.45, 7) is 5.86. The number of β-amino-alcohol motifs (C(OH)–C–C–N with tert-alkyl or cyclic N) is 1. The fourth-order valence-electron chi connectivity index (χ4n) is 4.38. The van der Waals surface area contributed by atoms with E-state index >= 15 is 0 Å². The molecule has 2 aromatic carbocycles. The minimum Gasteiger partial charge on any atom is -0.482 e. The second kappa shape index (κ2) is 8.58. The van der Waals surface area contributed by atoms with E-state index in [1.807, 2.05) is 31.2 Å². The zero-order valence-electron chi connectivity index (χ0n) is 17.8. The van der Waals surface area contributed by atoms with Crippen molar-refractivity contribution in [3.05, 3.63) is 58.7 Å². The van der Waals surface area contributed by atoms with Crippen molar-refractivity contribution in [3.63, 3.8) is 0 Å². The highest BCUT2D eigenvalue weighted by Gasteiger charge is 2.23. The molecule has 2 aliphatic rings. The first-order valence-corrected chi connectivity index (χ1v) is 11.1. The van der Waals surface area contributed by atoms with Crippen molar-refractivity contribution in [2.45, 2.75) is 13.0 Å². The Morgan fingerprint density at radius 1 is 1.16 bits per heavy atom. The van der Waals surface area contributed by atoms with Gasteiger partial charge in [0.05, 0.1) is 17.3 Å². The van der Waals surface area contributed by atoms with E-state index in [1.54, 1.807) is 12.1 Å². The lowest BCUT2D eigenvalue weighted by molar-refractivity contribution is -0.118. The largest absolute Gasteiger partial charge is 0.482 e. The zero-order chi connectivity index (χ0) is 22.2. The summed E-state index contributed by atoms with van der Waals surface area (Å²) in [5, 5.41) is 15.4. The minimum atomic E-state index is -0.648. The maximum absolute atomic E-state index is 11.6. The molecule has 0 saturated carbocycles. The van der Waals surface area contributed by atoms with Crippen LogP contribution in [0.25, 0.3) is 10.9 Å². The van der Waals surface area contributed by atoms with Crippen LogP contribution in [0, 0.1) is 6.92 Å². The molecule has 1 fully saturated rings. The minimum absolute atomic E-state index is 0.0246. The van der Waals surface area contributed by atoms with Crippen LogP contribution in [0.2, 0.25) is 5.02 Å². The normalized spacial score (nSPS) is 17.6. The van der Waals surface area contributed by atoms with E-state index in [2.05, 4.69) is 26.2 Å². The first kappa shape index (κ1) is 21.0. The Hall–Kier alpha value is -2.87. The van der Waals surface area contributed by atoms with Crippen molar-refractivity contribution in [2.75, 3.05) is 49.5 Å². The molecule has 5 rings (SSSR count). The van der Waals surface area contributed by atoms with Crippen LogP contribution in [-0.4, -0.2) is 60.2 Å². The number of aryl methyl sites for hydroxylation is 1. The maximum Gasteiger partial charge on any atom is 0.262 e. The Morgan fingerprint density at radius 2 is 1.97 bits per heavy atom. The van der Waals surface area contributed by atoms with Crippen LogP contribution < -0.4 is 15.0 Å². The van der Waals surface area contributed by atoms with Gasteiger partial charge in [-0.25, -0.2) is 0 Å². The van der Waals surface area contributed by atoms with E-state index in [0.717, 1.165) is 54.0 Å². The van der Waals surface area contributed by atoms with Gasteiger partial charge in [-0.2, -0.15) is 0 Å². The lowest BCUT2D eigenvalue weighted by Gasteiger charge is -2.37.